The van der Waals surface area contributed by atoms with E-state index in [0.29, 0.717) is 19.1 Å². The van der Waals surface area contributed by atoms with Crippen molar-refractivity contribution in [1.82, 2.24) is 5.32 Å². The molecule has 2 aliphatic rings. The number of hydrogen-bond donors (Lipinski definition) is 1. The minimum absolute atomic E-state index is 0.102. The second-order valence-corrected chi connectivity index (χ2v) is 6.73. The summed E-state index contributed by atoms with van der Waals surface area (Å²) < 4.78 is 20.5. The molecule has 1 N–H and O–H groups in total. The smallest absolute Gasteiger partial charge is 0.127 e. The van der Waals surface area contributed by atoms with E-state index in [1.807, 2.05) is 6.07 Å². The highest BCUT2D eigenvalue weighted by atomic mass is 79.9. The largest absolute Gasteiger partial charge is 0.379 e. The van der Waals surface area contributed by atoms with Crippen LogP contribution >= 0.6 is 15.9 Å². The van der Waals surface area contributed by atoms with Crippen LogP contribution in [0.15, 0.2) is 22.7 Å². The van der Waals surface area contributed by atoms with Crippen LogP contribution in [0.1, 0.15) is 24.8 Å². The molecule has 0 aliphatic carbocycles. The standard InChI is InChI=1S/C15H19BrFNO/c16-12-3-4-14(17)13(6-12)15(9-19-10-15)7-11-2-1-5-18-8-11/h3-4,6,11,18H,1-2,5,7-10H2. The van der Waals surface area contributed by atoms with Gasteiger partial charge in [-0.1, -0.05) is 15.9 Å². The number of benzene rings is 1. The number of hydrogen-bond acceptors (Lipinski definition) is 2. The molecule has 4 heteroatoms. The summed E-state index contributed by atoms with van der Waals surface area (Å²) in [5.74, 6) is 0.534. The van der Waals surface area contributed by atoms with E-state index in [-0.39, 0.29) is 11.2 Å². The number of ether oxygens (including phenoxy) is 1. The summed E-state index contributed by atoms with van der Waals surface area (Å²) in [6, 6.07) is 5.24. The Kier molecular flexibility index (Phi) is 3.92. The van der Waals surface area contributed by atoms with E-state index in [9.17, 15) is 4.39 Å². The minimum Gasteiger partial charge on any atom is -0.379 e. The normalized spacial score (nSPS) is 25.9. The first-order chi connectivity index (χ1) is 9.20. The molecule has 2 aliphatic heterocycles. The molecule has 0 aromatic heterocycles. The Labute approximate surface area is 121 Å². The molecule has 0 radical (unpaired) electrons. The third kappa shape index (κ3) is 2.71. The van der Waals surface area contributed by atoms with Gasteiger partial charge < -0.3 is 10.1 Å². The van der Waals surface area contributed by atoms with Gasteiger partial charge in [0.25, 0.3) is 0 Å². The predicted octanol–water partition coefficient (Wildman–Crippen LogP) is 3.25. The van der Waals surface area contributed by atoms with E-state index in [2.05, 4.69) is 21.2 Å². The van der Waals surface area contributed by atoms with E-state index in [4.69, 9.17) is 4.74 Å². The fourth-order valence-corrected chi connectivity index (χ4v) is 3.65. The maximum Gasteiger partial charge on any atom is 0.127 e. The highest BCUT2D eigenvalue weighted by Crippen LogP contribution is 2.41. The van der Waals surface area contributed by atoms with Gasteiger partial charge in [0.15, 0.2) is 0 Å². The average molecular weight is 328 g/mol. The lowest BCUT2D eigenvalue weighted by Gasteiger charge is -2.45. The Morgan fingerprint density at radius 1 is 1.42 bits per heavy atom. The quantitative estimate of drug-likeness (QED) is 0.920. The summed E-state index contributed by atoms with van der Waals surface area (Å²) in [4.78, 5) is 0. The molecule has 3 rings (SSSR count). The molecule has 2 nitrogen and oxygen atoms in total. The van der Waals surface area contributed by atoms with Crippen molar-refractivity contribution >= 4 is 15.9 Å². The van der Waals surface area contributed by atoms with Gasteiger partial charge in [0, 0.05) is 9.89 Å². The molecule has 104 valence electrons. The molecule has 1 atom stereocenters. The number of rotatable bonds is 3. The van der Waals surface area contributed by atoms with Crippen LogP contribution in [0.4, 0.5) is 4.39 Å². The second-order valence-electron chi connectivity index (χ2n) is 5.81. The Balaban J connectivity index is 1.83. The van der Waals surface area contributed by atoms with Gasteiger partial charge in [-0.2, -0.15) is 0 Å². The zero-order chi connectivity index (χ0) is 13.3. The lowest BCUT2D eigenvalue weighted by atomic mass is 9.71. The first-order valence-corrected chi connectivity index (χ1v) is 7.73. The zero-order valence-corrected chi connectivity index (χ0v) is 12.5. The van der Waals surface area contributed by atoms with Crippen LogP contribution in [-0.2, 0) is 10.2 Å². The number of piperidine rings is 1. The third-order valence-electron chi connectivity index (χ3n) is 4.33. The minimum atomic E-state index is -0.114. The van der Waals surface area contributed by atoms with Gasteiger partial charge in [-0.3, -0.25) is 0 Å². The van der Waals surface area contributed by atoms with E-state index in [1.165, 1.54) is 12.8 Å². The lowest BCUT2D eigenvalue weighted by Crippen LogP contribution is -2.50. The molecule has 0 spiro atoms. The third-order valence-corrected chi connectivity index (χ3v) is 4.83. The summed E-state index contributed by atoms with van der Waals surface area (Å²) in [6.45, 7) is 3.47. The second kappa shape index (κ2) is 5.51. The Hall–Kier alpha value is -0.450. The summed E-state index contributed by atoms with van der Waals surface area (Å²) in [5.41, 5.74) is 0.705. The molecule has 0 saturated carbocycles. The van der Waals surface area contributed by atoms with Crippen molar-refractivity contribution in [3.63, 3.8) is 0 Å². The number of nitrogens with one attached hydrogen (secondary N) is 1. The van der Waals surface area contributed by atoms with Crippen LogP contribution in [0.2, 0.25) is 0 Å². The molecule has 2 heterocycles. The van der Waals surface area contributed by atoms with Crippen LogP contribution in [0.3, 0.4) is 0 Å². The van der Waals surface area contributed by atoms with Crippen LogP contribution in [-0.4, -0.2) is 26.3 Å². The Morgan fingerprint density at radius 3 is 2.89 bits per heavy atom. The maximum atomic E-state index is 14.1. The first-order valence-electron chi connectivity index (χ1n) is 6.94. The molecule has 2 saturated heterocycles. The van der Waals surface area contributed by atoms with Gasteiger partial charge >= 0.3 is 0 Å². The van der Waals surface area contributed by atoms with Crippen LogP contribution < -0.4 is 5.32 Å². The maximum absolute atomic E-state index is 14.1. The summed E-state index contributed by atoms with van der Waals surface area (Å²) in [5, 5.41) is 3.44. The zero-order valence-electron chi connectivity index (χ0n) is 10.9. The van der Waals surface area contributed by atoms with Crippen molar-refractivity contribution in [3.05, 3.63) is 34.1 Å². The van der Waals surface area contributed by atoms with E-state index in [1.54, 1.807) is 12.1 Å². The predicted molar refractivity (Wildman–Crippen MR) is 76.8 cm³/mol. The topological polar surface area (TPSA) is 21.3 Å². The molecular formula is C15H19BrFNO. The SMILES string of the molecule is Fc1ccc(Br)cc1C1(CC2CCCNC2)COC1. The van der Waals surface area contributed by atoms with Crippen molar-refractivity contribution in [3.8, 4) is 0 Å². The summed E-state index contributed by atoms with van der Waals surface area (Å²) in [6.07, 6.45) is 3.49. The van der Waals surface area contributed by atoms with Crippen molar-refractivity contribution in [2.45, 2.75) is 24.7 Å². The Bertz CT molecular complexity index is 455. The molecular weight excluding hydrogens is 309 g/mol. The van der Waals surface area contributed by atoms with Crippen LogP contribution in [0.25, 0.3) is 0 Å². The molecule has 19 heavy (non-hydrogen) atoms. The van der Waals surface area contributed by atoms with Crippen molar-refractivity contribution in [2.75, 3.05) is 26.3 Å². The molecule has 1 aromatic rings. The van der Waals surface area contributed by atoms with E-state index >= 15 is 0 Å². The average Bonchev–Trinajstić information content (AvgIpc) is 2.38. The van der Waals surface area contributed by atoms with E-state index in [0.717, 1.165) is 29.5 Å². The summed E-state index contributed by atoms with van der Waals surface area (Å²) in [7, 11) is 0. The van der Waals surface area contributed by atoms with Crippen LogP contribution in [0.5, 0.6) is 0 Å². The number of halogens is 2. The Morgan fingerprint density at radius 2 is 2.26 bits per heavy atom. The van der Waals surface area contributed by atoms with Crippen molar-refractivity contribution < 1.29 is 9.13 Å². The fourth-order valence-electron chi connectivity index (χ4n) is 3.29. The van der Waals surface area contributed by atoms with Gasteiger partial charge in [0.2, 0.25) is 0 Å². The monoisotopic (exact) mass is 327 g/mol. The van der Waals surface area contributed by atoms with Gasteiger partial charge in [-0.15, -0.1) is 0 Å². The fraction of sp³-hybridized carbons (Fsp3) is 0.600. The summed E-state index contributed by atoms with van der Waals surface area (Å²) >= 11 is 3.45. The molecule has 2 fully saturated rings. The lowest BCUT2D eigenvalue weighted by molar-refractivity contribution is -0.0742. The highest BCUT2D eigenvalue weighted by molar-refractivity contribution is 9.10. The van der Waals surface area contributed by atoms with E-state index < -0.39 is 0 Å². The van der Waals surface area contributed by atoms with Gasteiger partial charge in [0.05, 0.1) is 13.2 Å². The van der Waals surface area contributed by atoms with Crippen molar-refractivity contribution in [2.24, 2.45) is 5.92 Å². The molecule has 0 amide bonds. The molecule has 1 unspecified atom stereocenters. The van der Waals surface area contributed by atoms with Gasteiger partial charge in [-0.25, -0.2) is 4.39 Å². The first kappa shape index (κ1) is 13.5. The van der Waals surface area contributed by atoms with Gasteiger partial charge in [0.1, 0.15) is 5.82 Å². The highest BCUT2D eigenvalue weighted by Gasteiger charge is 2.43. The van der Waals surface area contributed by atoms with Crippen molar-refractivity contribution in [1.29, 1.82) is 0 Å². The molecule has 0 bridgehead atoms. The van der Waals surface area contributed by atoms with Crippen LogP contribution in [0, 0.1) is 11.7 Å². The van der Waals surface area contributed by atoms with Gasteiger partial charge in [-0.05, 0) is 62.0 Å². The molecule has 1 aromatic carbocycles.